The Kier molecular flexibility index (Phi) is 9.58. The van der Waals surface area contributed by atoms with Crippen LogP contribution in [0.15, 0.2) is 47.4 Å². The highest BCUT2D eigenvalue weighted by molar-refractivity contribution is 7.89. The van der Waals surface area contributed by atoms with Crippen molar-refractivity contribution in [2.75, 3.05) is 31.7 Å². The first-order valence-electron chi connectivity index (χ1n) is 11.2. The lowest BCUT2D eigenvalue weighted by molar-refractivity contribution is -0.122. The van der Waals surface area contributed by atoms with Crippen molar-refractivity contribution in [2.45, 2.75) is 50.0 Å². The van der Waals surface area contributed by atoms with Gasteiger partial charge in [0.1, 0.15) is 6.61 Å². The number of nitrogens with zero attached hydrogens (tertiary/aromatic N) is 2. The maximum absolute atomic E-state index is 13.6. The van der Waals surface area contributed by atoms with Gasteiger partial charge in [-0.2, -0.15) is 4.31 Å². The first-order chi connectivity index (χ1) is 15.8. The van der Waals surface area contributed by atoms with Gasteiger partial charge in [0.2, 0.25) is 10.0 Å². The normalized spacial score (nSPS) is 16.9. The molecule has 2 aromatic rings. The molecule has 3 rings (SSSR count). The quantitative estimate of drug-likeness (QED) is 0.540. The zero-order valence-corrected chi connectivity index (χ0v) is 21.1. The standard InChI is InChI=1S/C24H30Cl2N2O4S/c1-32-18-24(29)28-13-9-5-3-2-4-8-12-27(17-19-10-6-7-11-23(19)28)33(30,31)22-15-20(25)14-21(26)16-22/h6-7,10-11,14-16H,2-5,8-9,12-13,17-18H2,1H3. The van der Waals surface area contributed by atoms with Crippen LogP contribution in [0.1, 0.15) is 44.1 Å². The first kappa shape index (κ1) is 26.0. The van der Waals surface area contributed by atoms with Crippen molar-refractivity contribution in [2.24, 2.45) is 0 Å². The molecule has 0 saturated heterocycles. The van der Waals surface area contributed by atoms with Crippen LogP contribution in [0.2, 0.25) is 10.0 Å². The molecule has 1 aliphatic rings. The van der Waals surface area contributed by atoms with Gasteiger partial charge in [-0.3, -0.25) is 4.79 Å². The maximum Gasteiger partial charge on any atom is 0.252 e. The number of rotatable bonds is 4. The number of anilines is 1. The minimum Gasteiger partial charge on any atom is -0.375 e. The van der Waals surface area contributed by atoms with Crippen LogP contribution in [-0.2, 0) is 26.1 Å². The van der Waals surface area contributed by atoms with Crippen molar-refractivity contribution in [3.63, 3.8) is 0 Å². The van der Waals surface area contributed by atoms with Crippen LogP contribution in [0.25, 0.3) is 0 Å². The number of hydrogen-bond acceptors (Lipinski definition) is 4. The minimum absolute atomic E-state index is 0.0304. The molecule has 180 valence electrons. The fraction of sp³-hybridized carbons (Fsp3) is 0.458. The minimum atomic E-state index is -3.86. The molecule has 0 fully saturated rings. The van der Waals surface area contributed by atoms with Crippen molar-refractivity contribution in [1.29, 1.82) is 0 Å². The number of fused-ring (bicyclic) bond motifs is 1. The van der Waals surface area contributed by atoms with Gasteiger partial charge in [-0.15, -0.1) is 0 Å². The summed E-state index contributed by atoms with van der Waals surface area (Å²) in [4.78, 5) is 14.6. The molecule has 0 atom stereocenters. The molecule has 0 bridgehead atoms. The van der Waals surface area contributed by atoms with E-state index in [1.54, 1.807) is 4.90 Å². The van der Waals surface area contributed by atoms with Gasteiger partial charge in [0.15, 0.2) is 0 Å². The average Bonchev–Trinajstić information content (AvgIpc) is 2.78. The summed E-state index contributed by atoms with van der Waals surface area (Å²) in [5, 5.41) is 0.535. The number of carbonyl (C=O) groups excluding carboxylic acids is 1. The second-order valence-electron chi connectivity index (χ2n) is 8.17. The third-order valence-electron chi connectivity index (χ3n) is 5.71. The smallest absolute Gasteiger partial charge is 0.252 e. The van der Waals surface area contributed by atoms with Gasteiger partial charge in [-0.1, -0.05) is 67.1 Å². The molecule has 9 heteroatoms. The van der Waals surface area contributed by atoms with Gasteiger partial charge >= 0.3 is 0 Å². The number of hydrogen-bond donors (Lipinski definition) is 0. The molecule has 6 nitrogen and oxygen atoms in total. The van der Waals surface area contributed by atoms with E-state index in [2.05, 4.69) is 0 Å². The highest BCUT2D eigenvalue weighted by atomic mass is 35.5. The zero-order chi connectivity index (χ0) is 23.8. The summed E-state index contributed by atoms with van der Waals surface area (Å²) in [6.45, 7) is 1.04. The van der Waals surface area contributed by atoms with Crippen molar-refractivity contribution in [3.8, 4) is 0 Å². The number of amides is 1. The summed E-state index contributed by atoms with van der Waals surface area (Å²) in [5.74, 6) is -0.143. The molecule has 0 aromatic heterocycles. The summed E-state index contributed by atoms with van der Waals surface area (Å²) >= 11 is 12.2. The Morgan fingerprint density at radius 2 is 1.55 bits per heavy atom. The third kappa shape index (κ3) is 6.93. The molecule has 0 spiro atoms. The summed E-state index contributed by atoms with van der Waals surface area (Å²) in [5.41, 5.74) is 1.47. The van der Waals surface area contributed by atoms with Crippen LogP contribution >= 0.6 is 23.2 Å². The Bertz CT molecular complexity index is 1040. The van der Waals surface area contributed by atoms with Gasteiger partial charge < -0.3 is 9.64 Å². The largest absolute Gasteiger partial charge is 0.375 e. The van der Waals surface area contributed by atoms with Crippen molar-refractivity contribution in [1.82, 2.24) is 4.31 Å². The average molecular weight is 513 g/mol. The van der Waals surface area contributed by atoms with E-state index in [0.29, 0.717) is 18.8 Å². The molecule has 1 heterocycles. The number of para-hydroxylation sites is 1. The maximum atomic E-state index is 13.6. The van der Waals surface area contributed by atoms with E-state index in [0.717, 1.165) is 44.1 Å². The lowest BCUT2D eigenvalue weighted by Crippen LogP contribution is -2.37. The molecule has 0 saturated carbocycles. The predicted octanol–water partition coefficient (Wildman–Crippen LogP) is 5.52. The number of sulfonamides is 1. The fourth-order valence-electron chi connectivity index (χ4n) is 4.05. The van der Waals surface area contributed by atoms with Gasteiger partial charge in [-0.25, -0.2) is 8.42 Å². The third-order valence-corrected chi connectivity index (χ3v) is 7.97. The molecule has 0 N–H and O–H groups in total. The van der Waals surface area contributed by atoms with Crippen LogP contribution in [0.4, 0.5) is 5.69 Å². The fourth-order valence-corrected chi connectivity index (χ4v) is 6.24. The lowest BCUT2D eigenvalue weighted by Gasteiger charge is -2.28. The van der Waals surface area contributed by atoms with E-state index in [-0.39, 0.29) is 34.0 Å². The Morgan fingerprint density at radius 1 is 0.939 bits per heavy atom. The monoisotopic (exact) mass is 512 g/mol. The van der Waals surface area contributed by atoms with Crippen LogP contribution in [0, 0.1) is 0 Å². The topological polar surface area (TPSA) is 66.9 Å². The van der Waals surface area contributed by atoms with E-state index in [4.69, 9.17) is 27.9 Å². The van der Waals surface area contributed by atoms with Crippen LogP contribution < -0.4 is 4.90 Å². The summed E-state index contributed by atoms with van der Waals surface area (Å²) in [7, 11) is -2.36. The molecule has 33 heavy (non-hydrogen) atoms. The van der Waals surface area contributed by atoms with E-state index in [1.807, 2.05) is 24.3 Å². The van der Waals surface area contributed by atoms with Crippen LogP contribution in [-0.4, -0.2) is 45.4 Å². The molecule has 1 aliphatic heterocycles. The second-order valence-corrected chi connectivity index (χ2v) is 11.0. The van der Waals surface area contributed by atoms with Gasteiger partial charge in [0, 0.05) is 42.5 Å². The number of carbonyl (C=O) groups is 1. The van der Waals surface area contributed by atoms with E-state index < -0.39 is 10.0 Å². The van der Waals surface area contributed by atoms with Crippen LogP contribution in [0.3, 0.4) is 0 Å². The highest BCUT2D eigenvalue weighted by Crippen LogP contribution is 2.29. The Hall–Kier alpha value is -1.64. The van der Waals surface area contributed by atoms with Crippen molar-refractivity contribution >= 4 is 44.8 Å². The van der Waals surface area contributed by atoms with Crippen molar-refractivity contribution < 1.29 is 17.9 Å². The highest BCUT2D eigenvalue weighted by Gasteiger charge is 2.27. The first-order valence-corrected chi connectivity index (χ1v) is 13.4. The Morgan fingerprint density at radius 3 is 2.21 bits per heavy atom. The molecule has 2 aromatic carbocycles. The van der Waals surface area contributed by atoms with E-state index in [9.17, 15) is 13.2 Å². The Labute approximate surface area is 206 Å². The van der Waals surface area contributed by atoms with Gasteiger partial charge in [0.25, 0.3) is 5.91 Å². The van der Waals surface area contributed by atoms with E-state index >= 15 is 0 Å². The molecule has 0 unspecified atom stereocenters. The lowest BCUT2D eigenvalue weighted by atomic mass is 10.1. The SMILES string of the molecule is COCC(=O)N1CCCCCCCCN(S(=O)(=O)c2cc(Cl)cc(Cl)c2)Cc2ccccc21. The number of ether oxygens (including phenoxy) is 1. The van der Waals surface area contributed by atoms with Gasteiger partial charge in [-0.05, 0) is 42.7 Å². The second kappa shape index (κ2) is 12.2. The molecule has 0 aliphatic carbocycles. The molecular weight excluding hydrogens is 483 g/mol. The number of methoxy groups -OCH3 is 1. The van der Waals surface area contributed by atoms with Gasteiger partial charge in [0.05, 0.1) is 4.90 Å². The van der Waals surface area contributed by atoms with Crippen molar-refractivity contribution in [3.05, 3.63) is 58.1 Å². The molecular formula is C24H30Cl2N2O4S. The number of halogens is 2. The molecule has 0 radical (unpaired) electrons. The zero-order valence-electron chi connectivity index (χ0n) is 18.8. The van der Waals surface area contributed by atoms with E-state index in [1.165, 1.54) is 29.6 Å². The number of benzene rings is 2. The Balaban J connectivity index is 2.03. The summed E-state index contributed by atoms with van der Waals surface area (Å²) < 4.78 is 33.8. The van der Waals surface area contributed by atoms with Crippen LogP contribution in [0.5, 0.6) is 0 Å². The summed E-state index contributed by atoms with van der Waals surface area (Å²) in [6.07, 6.45) is 5.66. The summed E-state index contributed by atoms with van der Waals surface area (Å²) in [6, 6.07) is 11.8. The predicted molar refractivity (Wildman–Crippen MR) is 132 cm³/mol. The molecule has 1 amide bonds.